The Morgan fingerprint density at radius 2 is 2.29 bits per heavy atom. The summed E-state index contributed by atoms with van der Waals surface area (Å²) < 4.78 is 0. The molecule has 0 aromatic heterocycles. The van der Waals surface area contributed by atoms with E-state index in [4.69, 9.17) is 17.3 Å². The van der Waals surface area contributed by atoms with E-state index in [1.165, 1.54) is 25.8 Å². The summed E-state index contributed by atoms with van der Waals surface area (Å²) in [6.07, 6.45) is 3.90. The lowest BCUT2D eigenvalue weighted by molar-refractivity contribution is 0.194. The third-order valence-corrected chi connectivity index (χ3v) is 3.76. The number of nitrogen functional groups attached to an aromatic ring is 1. The minimum absolute atomic E-state index is 0.609. The van der Waals surface area contributed by atoms with Crippen molar-refractivity contribution in [2.75, 3.05) is 31.2 Å². The van der Waals surface area contributed by atoms with Crippen LogP contribution in [0.4, 0.5) is 11.4 Å². The van der Waals surface area contributed by atoms with Crippen LogP contribution in [0.2, 0.25) is 5.02 Å². The first-order chi connectivity index (χ1) is 8.16. The fraction of sp³-hybridized carbons (Fsp3) is 0.538. The van der Waals surface area contributed by atoms with E-state index in [-0.39, 0.29) is 0 Å². The van der Waals surface area contributed by atoms with Gasteiger partial charge in [-0.3, -0.25) is 0 Å². The number of anilines is 2. The molecule has 94 valence electrons. The SMILES string of the molecule is CN1CCCCC1CNc1ccc(N)cc1Cl. The molecule has 3 nitrogen and oxygen atoms in total. The smallest absolute Gasteiger partial charge is 0.0657 e. The van der Waals surface area contributed by atoms with Gasteiger partial charge in [0.25, 0.3) is 0 Å². The van der Waals surface area contributed by atoms with Gasteiger partial charge in [0, 0.05) is 18.3 Å². The van der Waals surface area contributed by atoms with Crippen LogP contribution in [0.25, 0.3) is 0 Å². The number of halogens is 1. The van der Waals surface area contributed by atoms with Crippen LogP contribution >= 0.6 is 11.6 Å². The zero-order valence-electron chi connectivity index (χ0n) is 10.2. The molecule has 17 heavy (non-hydrogen) atoms. The number of nitrogens with two attached hydrogens (primary N) is 1. The Labute approximate surface area is 108 Å². The summed E-state index contributed by atoms with van der Waals surface area (Å²) in [6, 6.07) is 6.21. The number of piperidine rings is 1. The van der Waals surface area contributed by atoms with Crippen molar-refractivity contribution in [3.05, 3.63) is 23.2 Å². The van der Waals surface area contributed by atoms with Gasteiger partial charge < -0.3 is 16.0 Å². The van der Waals surface area contributed by atoms with Gasteiger partial charge in [-0.1, -0.05) is 18.0 Å². The number of nitrogens with zero attached hydrogens (tertiary/aromatic N) is 1. The summed E-state index contributed by atoms with van der Waals surface area (Å²) in [5.41, 5.74) is 7.34. The first kappa shape index (κ1) is 12.5. The molecule has 3 N–H and O–H groups in total. The van der Waals surface area contributed by atoms with Gasteiger partial charge in [-0.25, -0.2) is 0 Å². The van der Waals surface area contributed by atoms with Crippen LogP contribution in [0.3, 0.4) is 0 Å². The maximum absolute atomic E-state index is 6.13. The van der Waals surface area contributed by atoms with Crippen molar-refractivity contribution in [3.8, 4) is 0 Å². The predicted octanol–water partition coefficient (Wildman–Crippen LogP) is 2.82. The highest BCUT2D eigenvalue weighted by atomic mass is 35.5. The van der Waals surface area contributed by atoms with Crippen molar-refractivity contribution in [2.24, 2.45) is 0 Å². The molecule has 0 saturated carbocycles. The van der Waals surface area contributed by atoms with Crippen molar-refractivity contribution in [1.29, 1.82) is 0 Å². The van der Waals surface area contributed by atoms with Crippen LogP contribution in [-0.2, 0) is 0 Å². The lowest BCUT2D eigenvalue weighted by Crippen LogP contribution is -2.40. The van der Waals surface area contributed by atoms with E-state index in [1.54, 1.807) is 6.07 Å². The third kappa shape index (κ3) is 3.27. The Balaban J connectivity index is 1.92. The molecule has 1 aromatic rings. The van der Waals surface area contributed by atoms with Crippen LogP contribution < -0.4 is 11.1 Å². The minimum Gasteiger partial charge on any atom is -0.399 e. The maximum Gasteiger partial charge on any atom is 0.0657 e. The zero-order chi connectivity index (χ0) is 12.3. The van der Waals surface area contributed by atoms with E-state index in [1.807, 2.05) is 12.1 Å². The molecule has 1 fully saturated rings. The first-order valence-electron chi connectivity index (χ1n) is 6.16. The van der Waals surface area contributed by atoms with Gasteiger partial charge in [0.1, 0.15) is 0 Å². The average Bonchev–Trinajstić information content (AvgIpc) is 2.30. The molecule has 0 radical (unpaired) electrons. The van der Waals surface area contributed by atoms with Crippen molar-refractivity contribution in [2.45, 2.75) is 25.3 Å². The first-order valence-corrected chi connectivity index (χ1v) is 6.54. The maximum atomic E-state index is 6.13. The largest absolute Gasteiger partial charge is 0.399 e. The molecule has 1 aliphatic rings. The number of rotatable bonds is 3. The van der Waals surface area contributed by atoms with Crippen molar-refractivity contribution >= 4 is 23.0 Å². The number of likely N-dealkylation sites (tertiary alicyclic amines) is 1. The standard InChI is InChI=1S/C13H20ClN3/c1-17-7-3-2-4-11(17)9-16-13-6-5-10(15)8-12(13)14/h5-6,8,11,16H,2-4,7,9,15H2,1H3. The number of benzene rings is 1. The van der Waals surface area contributed by atoms with E-state index >= 15 is 0 Å². The topological polar surface area (TPSA) is 41.3 Å². The van der Waals surface area contributed by atoms with Crippen molar-refractivity contribution < 1.29 is 0 Å². The molecule has 0 amide bonds. The minimum atomic E-state index is 0.609. The Kier molecular flexibility index (Phi) is 4.13. The summed E-state index contributed by atoms with van der Waals surface area (Å²) in [6.45, 7) is 2.14. The van der Waals surface area contributed by atoms with Gasteiger partial charge in [0.05, 0.1) is 10.7 Å². The monoisotopic (exact) mass is 253 g/mol. The highest BCUT2D eigenvalue weighted by molar-refractivity contribution is 6.33. The van der Waals surface area contributed by atoms with Gasteiger partial charge in [0.15, 0.2) is 0 Å². The lowest BCUT2D eigenvalue weighted by atomic mass is 10.0. The molecular formula is C13H20ClN3. The quantitative estimate of drug-likeness (QED) is 0.814. The summed E-state index contributed by atoms with van der Waals surface area (Å²) in [5.74, 6) is 0. The Bertz CT molecular complexity index is 381. The van der Waals surface area contributed by atoms with Crippen LogP contribution in [0.1, 0.15) is 19.3 Å². The van der Waals surface area contributed by atoms with E-state index in [2.05, 4.69) is 17.3 Å². The molecule has 4 heteroatoms. The van der Waals surface area contributed by atoms with E-state index in [9.17, 15) is 0 Å². The van der Waals surface area contributed by atoms with Crippen LogP contribution in [0.5, 0.6) is 0 Å². The van der Waals surface area contributed by atoms with Crippen molar-refractivity contribution in [1.82, 2.24) is 4.90 Å². The van der Waals surface area contributed by atoms with E-state index in [0.29, 0.717) is 16.8 Å². The van der Waals surface area contributed by atoms with Crippen LogP contribution in [0.15, 0.2) is 18.2 Å². The summed E-state index contributed by atoms with van der Waals surface area (Å²) in [5, 5.41) is 4.11. The highest BCUT2D eigenvalue weighted by Gasteiger charge is 2.18. The fourth-order valence-corrected chi connectivity index (χ4v) is 2.56. The van der Waals surface area contributed by atoms with Crippen LogP contribution in [0, 0.1) is 0 Å². The zero-order valence-corrected chi connectivity index (χ0v) is 11.0. The molecule has 1 aromatic carbocycles. The lowest BCUT2D eigenvalue weighted by Gasteiger charge is -2.32. The highest BCUT2D eigenvalue weighted by Crippen LogP contribution is 2.24. The predicted molar refractivity (Wildman–Crippen MR) is 74.6 cm³/mol. The van der Waals surface area contributed by atoms with E-state index in [0.717, 1.165) is 12.2 Å². The number of hydrogen-bond donors (Lipinski definition) is 2. The second-order valence-corrected chi connectivity index (χ2v) is 5.16. The molecule has 1 saturated heterocycles. The molecule has 2 rings (SSSR count). The van der Waals surface area contributed by atoms with Gasteiger partial charge in [-0.15, -0.1) is 0 Å². The summed E-state index contributed by atoms with van der Waals surface area (Å²) in [4.78, 5) is 2.42. The number of hydrogen-bond acceptors (Lipinski definition) is 3. The van der Waals surface area contributed by atoms with Gasteiger partial charge in [-0.05, 0) is 44.6 Å². The summed E-state index contributed by atoms with van der Waals surface area (Å²) in [7, 11) is 2.19. The molecule has 0 bridgehead atoms. The second kappa shape index (κ2) is 5.61. The van der Waals surface area contributed by atoms with Gasteiger partial charge in [-0.2, -0.15) is 0 Å². The fourth-order valence-electron chi connectivity index (χ4n) is 2.30. The number of nitrogens with one attached hydrogen (secondary N) is 1. The molecule has 1 unspecified atom stereocenters. The normalized spacial score (nSPS) is 21.4. The molecule has 0 aliphatic carbocycles. The van der Waals surface area contributed by atoms with Crippen LogP contribution in [-0.4, -0.2) is 31.1 Å². The molecule has 0 spiro atoms. The van der Waals surface area contributed by atoms with Gasteiger partial charge >= 0.3 is 0 Å². The van der Waals surface area contributed by atoms with E-state index < -0.39 is 0 Å². The summed E-state index contributed by atoms with van der Waals surface area (Å²) >= 11 is 6.13. The Morgan fingerprint density at radius 1 is 1.47 bits per heavy atom. The van der Waals surface area contributed by atoms with Gasteiger partial charge in [0.2, 0.25) is 0 Å². The Hall–Kier alpha value is -0.930. The molecule has 1 heterocycles. The Morgan fingerprint density at radius 3 is 3.00 bits per heavy atom. The molecule has 1 atom stereocenters. The average molecular weight is 254 g/mol. The second-order valence-electron chi connectivity index (χ2n) is 4.75. The number of likely N-dealkylation sites (N-methyl/N-ethyl adjacent to an activating group) is 1. The molecular weight excluding hydrogens is 234 g/mol. The van der Waals surface area contributed by atoms with Crippen molar-refractivity contribution in [3.63, 3.8) is 0 Å². The third-order valence-electron chi connectivity index (χ3n) is 3.44. The molecule has 1 aliphatic heterocycles.